The first-order chi connectivity index (χ1) is 12.5. The molecule has 26 heavy (non-hydrogen) atoms. The topological polar surface area (TPSA) is 59.1 Å². The van der Waals surface area contributed by atoms with Gasteiger partial charge in [-0.1, -0.05) is 22.0 Å². The second-order valence-corrected chi connectivity index (χ2v) is 8.71. The van der Waals surface area contributed by atoms with E-state index in [0.717, 1.165) is 11.4 Å². The van der Waals surface area contributed by atoms with Gasteiger partial charge in [0.1, 0.15) is 16.4 Å². The Balaban J connectivity index is 1.78. The fraction of sp³-hybridized carbons (Fsp3) is 0.333. The molecule has 3 rings (SSSR count). The SMILES string of the molecule is COc1cccc(N2CCN(S(=O)(=O)c3cc(Br)ccc3OC)CC2)c1. The summed E-state index contributed by atoms with van der Waals surface area (Å²) in [5.41, 5.74) is 1.03. The van der Waals surface area contributed by atoms with E-state index in [1.54, 1.807) is 25.3 Å². The fourth-order valence-electron chi connectivity index (χ4n) is 2.99. The predicted molar refractivity (Wildman–Crippen MR) is 105 cm³/mol. The van der Waals surface area contributed by atoms with E-state index in [4.69, 9.17) is 9.47 Å². The van der Waals surface area contributed by atoms with Crippen LogP contribution in [0.15, 0.2) is 51.8 Å². The van der Waals surface area contributed by atoms with Crippen molar-refractivity contribution in [3.05, 3.63) is 46.9 Å². The van der Waals surface area contributed by atoms with Crippen molar-refractivity contribution in [3.63, 3.8) is 0 Å². The lowest BCUT2D eigenvalue weighted by Crippen LogP contribution is -2.48. The van der Waals surface area contributed by atoms with Crippen LogP contribution in [0.1, 0.15) is 0 Å². The van der Waals surface area contributed by atoms with E-state index in [0.29, 0.717) is 36.4 Å². The van der Waals surface area contributed by atoms with Crippen molar-refractivity contribution < 1.29 is 17.9 Å². The molecule has 0 atom stereocenters. The number of halogens is 1. The largest absolute Gasteiger partial charge is 0.497 e. The molecule has 0 amide bonds. The van der Waals surface area contributed by atoms with Crippen LogP contribution in [0.3, 0.4) is 0 Å². The van der Waals surface area contributed by atoms with Crippen molar-refractivity contribution in [2.24, 2.45) is 0 Å². The molecule has 1 saturated heterocycles. The first-order valence-electron chi connectivity index (χ1n) is 8.18. The summed E-state index contributed by atoms with van der Waals surface area (Å²) in [7, 11) is -0.510. The predicted octanol–water partition coefficient (Wildman–Crippen LogP) is 2.98. The van der Waals surface area contributed by atoms with Crippen molar-refractivity contribution in [1.29, 1.82) is 0 Å². The lowest BCUT2D eigenvalue weighted by atomic mass is 10.2. The molecule has 2 aromatic carbocycles. The number of hydrogen-bond acceptors (Lipinski definition) is 5. The smallest absolute Gasteiger partial charge is 0.246 e. The molecule has 6 nitrogen and oxygen atoms in total. The number of hydrogen-bond donors (Lipinski definition) is 0. The number of sulfonamides is 1. The molecule has 1 aliphatic heterocycles. The highest BCUT2D eigenvalue weighted by molar-refractivity contribution is 9.10. The second-order valence-electron chi connectivity index (χ2n) is 5.89. The van der Waals surface area contributed by atoms with Crippen LogP contribution in [0.5, 0.6) is 11.5 Å². The number of ether oxygens (including phenoxy) is 2. The summed E-state index contributed by atoms with van der Waals surface area (Å²) in [6.45, 7) is 2.05. The molecule has 0 radical (unpaired) electrons. The molecule has 1 heterocycles. The van der Waals surface area contributed by atoms with Crippen LogP contribution < -0.4 is 14.4 Å². The molecule has 0 saturated carbocycles. The molecule has 140 valence electrons. The van der Waals surface area contributed by atoms with Crippen molar-refractivity contribution >= 4 is 31.6 Å². The first-order valence-corrected chi connectivity index (χ1v) is 10.4. The van der Waals surface area contributed by atoms with Crippen LogP contribution in [-0.4, -0.2) is 53.1 Å². The number of anilines is 1. The number of methoxy groups -OCH3 is 2. The van der Waals surface area contributed by atoms with Crippen molar-refractivity contribution in [2.75, 3.05) is 45.3 Å². The van der Waals surface area contributed by atoms with Crippen LogP contribution in [-0.2, 0) is 10.0 Å². The van der Waals surface area contributed by atoms with Gasteiger partial charge in [-0.05, 0) is 30.3 Å². The third kappa shape index (κ3) is 3.82. The lowest BCUT2D eigenvalue weighted by molar-refractivity contribution is 0.374. The van der Waals surface area contributed by atoms with Crippen LogP contribution in [0.2, 0.25) is 0 Å². The molecule has 8 heteroatoms. The highest BCUT2D eigenvalue weighted by Crippen LogP contribution is 2.31. The number of nitrogens with zero attached hydrogens (tertiary/aromatic N) is 2. The minimum absolute atomic E-state index is 0.184. The van der Waals surface area contributed by atoms with Crippen molar-refractivity contribution in [3.8, 4) is 11.5 Å². The van der Waals surface area contributed by atoms with E-state index in [1.165, 1.54) is 11.4 Å². The molecular formula is C18H21BrN2O4S. The second kappa shape index (κ2) is 7.85. The Bertz CT molecular complexity index is 881. The van der Waals surface area contributed by atoms with E-state index in [2.05, 4.69) is 20.8 Å². The minimum atomic E-state index is -3.62. The van der Waals surface area contributed by atoms with Gasteiger partial charge in [0.15, 0.2) is 0 Å². The Labute approximate surface area is 162 Å². The first kappa shape index (κ1) is 19.0. The molecule has 0 bridgehead atoms. The van der Waals surface area contributed by atoms with Gasteiger partial charge in [-0.2, -0.15) is 4.31 Å². The summed E-state index contributed by atoms with van der Waals surface area (Å²) in [6.07, 6.45) is 0. The molecule has 0 aromatic heterocycles. The van der Waals surface area contributed by atoms with Crippen LogP contribution >= 0.6 is 15.9 Å². The molecule has 1 aliphatic rings. The van der Waals surface area contributed by atoms with Crippen LogP contribution in [0.4, 0.5) is 5.69 Å². The average Bonchev–Trinajstić information content (AvgIpc) is 2.68. The summed E-state index contributed by atoms with van der Waals surface area (Å²) < 4.78 is 38.8. The van der Waals surface area contributed by atoms with Crippen LogP contribution in [0, 0.1) is 0 Å². The highest BCUT2D eigenvalue weighted by Gasteiger charge is 2.31. The van der Waals surface area contributed by atoms with E-state index in [1.807, 2.05) is 24.3 Å². The van der Waals surface area contributed by atoms with Gasteiger partial charge in [0, 0.05) is 42.4 Å². The summed E-state index contributed by atoms with van der Waals surface area (Å²) >= 11 is 3.34. The Morgan fingerprint density at radius 3 is 2.35 bits per heavy atom. The Hall–Kier alpha value is -1.77. The molecule has 1 fully saturated rings. The Morgan fingerprint density at radius 1 is 0.962 bits per heavy atom. The number of rotatable bonds is 5. The van der Waals surface area contributed by atoms with E-state index < -0.39 is 10.0 Å². The fourth-order valence-corrected chi connectivity index (χ4v) is 5.10. The van der Waals surface area contributed by atoms with E-state index >= 15 is 0 Å². The van der Waals surface area contributed by atoms with Crippen molar-refractivity contribution in [2.45, 2.75) is 4.90 Å². The molecular weight excluding hydrogens is 420 g/mol. The molecule has 0 unspecified atom stereocenters. The van der Waals surface area contributed by atoms with Gasteiger partial charge in [0.2, 0.25) is 10.0 Å². The normalized spacial score (nSPS) is 15.7. The molecule has 0 spiro atoms. The zero-order valence-corrected chi connectivity index (χ0v) is 17.1. The zero-order chi connectivity index (χ0) is 18.7. The van der Waals surface area contributed by atoms with Gasteiger partial charge < -0.3 is 14.4 Å². The van der Waals surface area contributed by atoms with Gasteiger partial charge >= 0.3 is 0 Å². The number of piperazine rings is 1. The van der Waals surface area contributed by atoms with Gasteiger partial charge in [0.05, 0.1) is 14.2 Å². The Morgan fingerprint density at radius 2 is 1.69 bits per heavy atom. The summed E-state index contributed by atoms with van der Waals surface area (Å²) in [4.78, 5) is 2.34. The van der Waals surface area contributed by atoms with Gasteiger partial charge in [-0.15, -0.1) is 0 Å². The number of benzene rings is 2. The molecule has 2 aromatic rings. The van der Waals surface area contributed by atoms with Gasteiger partial charge in [-0.25, -0.2) is 8.42 Å². The standard InChI is InChI=1S/C18H21BrN2O4S/c1-24-16-5-3-4-15(13-16)20-8-10-21(11-9-20)26(22,23)18-12-14(19)6-7-17(18)25-2/h3-7,12-13H,8-11H2,1-2H3. The summed E-state index contributed by atoms with van der Waals surface area (Å²) in [6, 6.07) is 12.8. The third-order valence-electron chi connectivity index (χ3n) is 4.40. The maximum absolute atomic E-state index is 13.0. The molecule has 0 aliphatic carbocycles. The lowest BCUT2D eigenvalue weighted by Gasteiger charge is -2.35. The van der Waals surface area contributed by atoms with Gasteiger partial charge in [0.25, 0.3) is 0 Å². The Kier molecular flexibility index (Phi) is 5.74. The average molecular weight is 441 g/mol. The maximum atomic E-state index is 13.0. The summed E-state index contributed by atoms with van der Waals surface area (Å²) in [5, 5.41) is 0. The maximum Gasteiger partial charge on any atom is 0.246 e. The van der Waals surface area contributed by atoms with Crippen molar-refractivity contribution in [1.82, 2.24) is 4.31 Å². The monoisotopic (exact) mass is 440 g/mol. The van der Waals surface area contributed by atoms with Gasteiger partial charge in [-0.3, -0.25) is 0 Å². The molecule has 0 N–H and O–H groups in total. The minimum Gasteiger partial charge on any atom is -0.497 e. The zero-order valence-electron chi connectivity index (χ0n) is 14.7. The van der Waals surface area contributed by atoms with E-state index in [9.17, 15) is 8.42 Å². The third-order valence-corrected chi connectivity index (χ3v) is 6.81. The van der Waals surface area contributed by atoms with E-state index in [-0.39, 0.29) is 4.90 Å². The summed E-state index contributed by atoms with van der Waals surface area (Å²) in [5.74, 6) is 1.14. The quantitative estimate of drug-likeness (QED) is 0.714. The highest BCUT2D eigenvalue weighted by atomic mass is 79.9. The van der Waals surface area contributed by atoms with Crippen LogP contribution in [0.25, 0.3) is 0 Å².